The molecule has 0 saturated heterocycles. The summed E-state index contributed by atoms with van der Waals surface area (Å²) in [4.78, 5) is 0. The van der Waals surface area contributed by atoms with E-state index in [-0.39, 0.29) is 11.7 Å². The summed E-state index contributed by atoms with van der Waals surface area (Å²) in [5.74, 6) is 0.222. The van der Waals surface area contributed by atoms with Crippen LogP contribution in [0.25, 0.3) is 0 Å². The van der Waals surface area contributed by atoms with Gasteiger partial charge in [0.2, 0.25) is 10.0 Å². The van der Waals surface area contributed by atoms with Gasteiger partial charge in [0.25, 0.3) is 0 Å². The van der Waals surface area contributed by atoms with Crippen molar-refractivity contribution in [1.29, 1.82) is 0 Å². The Labute approximate surface area is 187 Å². The first-order valence-corrected chi connectivity index (χ1v) is 14.2. The predicted molar refractivity (Wildman–Crippen MR) is 131 cm³/mol. The third kappa shape index (κ3) is 15.9. The van der Waals surface area contributed by atoms with Crippen LogP contribution in [0.4, 0.5) is 0 Å². The third-order valence-corrected chi connectivity index (χ3v) is 7.01. The molecule has 0 fully saturated rings. The standard InChI is InChI=1S/C26H47NO2S/c1-3-4-5-6-7-8-9-10-11-12-13-14-15-16-17-26(23-30(27,28)29)22-25-20-18-24(2)19-21-25/h18-21,26H,3-17,22-23H2,1-2H3,(H2,27,28,29). The van der Waals surface area contributed by atoms with Gasteiger partial charge in [-0.2, -0.15) is 0 Å². The third-order valence-electron chi connectivity index (χ3n) is 6.08. The molecular formula is C26H47NO2S. The number of rotatable bonds is 19. The van der Waals surface area contributed by atoms with Crippen molar-refractivity contribution in [3.63, 3.8) is 0 Å². The molecule has 2 N–H and O–H groups in total. The summed E-state index contributed by atoms with van der Waals surface area (Å²) < 4.78 is 23.2. The molecule has 1 rings (SSSR count). The average molecular weight is 438 g/mol. The Bertz CT molecular complexity index is 625. The second-order valence-electron chi connectivity index (χ2n) is 9.27. The van der Waals surface area contributed by atoms with E-state index in [0.29, 0.717) is 0 Å². The lowest BCUT2D eigenvalue weighted by Gasteiger charge is -2.16. The van der Waals surface area contributed by atoms with Gasteiger partial charge in [-0.1, -0.05) is 127 Å². The van der Waals surface area contributed by atoms with Gasteiger partial charge in [-0.15, -0.1) is 0 Å². The molecule has 0 amide bonds. The van der Waals surface area contributed by atoms with Crippen LogP contribution in [-0.4, -0.2) is 14.2 Å². The van der Waals surface area contributed by atoms with Crippen LogP contribution in [0.15, 0.2) is 24.3 Å². The van der Waals surface area contributed by atoms with Crippen LogP contribution in [0, 0.1) is 12.8 Å². The van der Waals surface area contributed by atoms with Crippen LogP contribution in [0.3, 0.4) is 0 Å². The highest BCUT2D eigenvalue weighted by Gasteiger charge is 2.16. The molecule has 4 heteroatoms. The van der Waals surface area contributed by atoms with E-state index in [9.17, 15) is 8.42 Å². The SMILES string of the molecule is CCCCCCCCCCCCCCCCC(Cc1ccc(C)cc1)CS(N)(=O)=O. The number of sulfonamides is 1. The van der Waals surface area contributed by atoms with Crippen LogP contribution in [0.5, 0.6) is 0 Å². The minimum atomic E-state index is -3.42. The summed E-state index contributed by atoms with van der Waals surface area (Å²) in [6.07, 6.45) is 20.5. The minimum absolute atomic E-state index is 0.0965. The molecule has 0 aliphatic carbocycles. The average Bonchev–Trinajstić information content (AvgIpc) is 2.68. The van der Waals surface area contributed by atoms with Gasteiger partial charge in [-0.05, 0) is 31.2 Å². The molecule has 0 bridgehead atoms. The summed E-state index contributed by atoms with van der Waals surface area (Å²) in [6.45, 7) is 4.34. The Morgan fingerprint density at radius 1 is 0.733 bits per heavy atom. The van der Waals surface area contributed by atoms with Gasteiger partial charge < -0.3 is 0 Å². The number of benzene rings is 1. The lowest BCUT2D eigenvalue weighted by molar-refractivity contribution is 0.472. The van der Waals surface area contributed by atoms with Crippen LogP contribution >= 0.6 is 0 Å². The first-order valence-electron chi connectivity index (χ1n) is 12.5. The molecule has 1 aromatic rings. The van der Waals surface area contributed by atoms with E-state index < -0.39 is 10.0 Å². The van der Waals surface area contributed by atoms with Crippen molar-refractivity contribution in [2.75, 3.05) is 5.75 Å². The second-order valence-corrected chi connectivity index (χ2v) is 10.9. The van der Waals surface area contributed by atoms with Crippen molar-refractivity contribution in [2.24, 2.45) is 11.1 Å². The molecule has 0 aromatic heterocycles. The Balaban J connectivity index is 2.09. The molecule has 0 radical (unpaired) electrons. The highest BCUT2D eigenvalue weighted by molar-refractivity contribution is 7.89. The maximum absolute atomic E-state index is 11.6. The quantitative estimate of drug-likeness (QED) is 0.231. The number of nitrogens with two attached hydrogens (primary N) is 1. The lowest BCUT2D eigenvalue weighted by atomic mass is 9.94. The van der Waals surface area contributed by atoms with E-state index >= 15 is 0 Å². The predicted octanol–water partition coefficient (Wildman–Crippen LogP) is 7.31. The van der Waals surface area contributed by atoms with Gasteiger partial charge >= 0.3 is 0 Å². The van der Waals surface area contributed by atoms with E-state index in [2.05, 4.69) is 38.1 Å². The highest BCUT2D eigenvalue weighted by atomic mass is 32.2. The zero-order valence-corrected chi connectivity index (χ0v) is 20.5. The summed E-state index contributed by atoms with van der Waals surface area (Å²) in [6, 6.07) is 8.40. The van der Waals surface area contributed by atoms with E-state index in [0.717, 1.165) is 19.3 Å². The number of hydrogen-bond acceptors (Lipinski definition) is 2. The zero-order chi connectivity index (χ0) is 22.1. The largest absolute Gasteiger partial charge is 0.229 e. The summed E-state index contributed by atoms with van der Waals surface area (Å²) in [5, 5.41) is 5.34. The van der Waals surface area contributed by atoms with Crippen molar-refractivity contribution in [1.82, 2.24) is 0 Å². The van der Waals surface area contributed by atoms with Crippen LogP contribution in [0.1, 0.15) is 114 Å². The van der Waals surface area contributed by atoms with Gasteiger partial charge in [0.1, 0.15) is 0 Å². The fraction of sp³-hybridized carbons (Fsp3) is 0.769. The Hall–Kier alpha value is -0.870. The van der Waals surface area contributed by atoms with Gasteiger partial charge in [-0.3, -0.25) is 0 Å². The minimum Gasteiger partial charge on any atom is -0.229 e. The monoisotopic (exact) mass is 437 g/mol. The Kier molecular flexibility index (Phi) is 15.2. The van der Waals surface area contributed by atoms with Crippen molar-refractivity contribution in [3.05, 3.63) is 35.4 Å². The van der Waals surface area contributed by atoms with E-state index in [1.807, 2.05) is 0 Å². The first kappa shape index (κ1) is 27.2. The van der Waals surface area contributed by atoms with Crippen LogP contribution < -0.4 is 5.14 Å². The molecule has 0 saturated carbocycles. The molecule has 0 heterocycles. The topological polar surface area (TPSA) is 60.2 Å². The maximum atomic E-state index is 11.6. The fourth-order valence-electron chi connectivity index (χ4n) is 4.26. The second kappa shape index (κ2) is 16.8. The van der Waals surface area contributed by atoms with E-state index in [1.54, 1.807) is 0 Å². The molecule has 1 atom stereocenters. The molecule has 30 heavy (non-hydrogen) atoms. The molecule has 0 aliphatic rings. The lowest BCUT2D eigenvalue weighted by Crippen LogP contribution is -2.24. The van der Waals surface area contributed by atoms with Crippen molar-refractivity contribution >= 4 is 10.0 Å². The Morgan fingerprint density at radius 3 is 1.60 bits per heavy atom. The Morgan fingerprint density at radius 2 is 1.17 bits per heavy atom. The smallest absolute Gasteiger partial charge is 0.209 e. The van der Waals surface area contributed by atoms with Crippen LogP contribution in [-0.2, 0) is 16.4 Å². The number of primary sulfonamides is 1. The molecule has 3 nitrogen and oxygen atoms in total. The summed E-state index contributed by atoms with van der Waals surface area (Å²) in [7, 11) is -3.42. The van der Waals surface area contributed by atoms with Gasteiger partial charge in [0, 0.05) is 0 Å². The molecular weight excluding hydrogens is 390 g/mol. The summed E-state index contributed by atoms with van der Waals surface area (Å²) >= 11 is 0. The first-order chi connectivity index (χ1) is 14.4. The van der Waals surface area contributed by atoms with Crippen molar-refractivity contribution in [2.45, 2.75) is 117 Å². The normalized spacial score (nSPS) is 12.9. The molecule has 1 aromatic carbocycles. The number of unbranched alkanes of at least 4 members (excludes halogenated alkanes) is 13. The van der Waals surface area contributed by atoms with Gasteiger partial charge in [0.05, 0.1) is 5.75 Å². The van der Waals surface area contributed by atoms with Crippen molar-refractivity contribution in [3.8, 4) is 0 Å². The van der Waals surface area contributed by atoms with Gasteiger partial charge in [0.15, 0.2) is 0 Å². The van der Waals surface area contributed by atoms with Crippen molar-refractivity contribution < 1.29 is 8.42 Å². The van der Waals surface area contributed by atoms with Gasteiger partial charge in [-0.25, -0.2) is 13.6 Å². The molecule has 1 unspecified atom stereocenters. The number of hydrogen-bond donors (Lipinski definition) is 1. The van der Waals surface area contributed by atoms with E-state index in [4.69, 9.17) is 5.14 Å². The molecule has 0 aliphatic heterocycles. The maximum Gasteiger partial charge on any atom is 0.209 e. The summed E-state index contributed by atoms with van der Waals surface area (Å²) in [5.41, 5.74) is 2.44. The van der Waals surface area contributed by atoms with E-state index in [1.165, 1.54) is 94.6 Å². The number of aryl methyl sites for hydroxylation is 1. The molecule has 174 valence electrons. The fourth-order valence-corrected chi connectivity index (χ4v) is 5.20. The zero-order valence-electron chi connectivity index (χ0n) is 19.7. The molecule has 0 spiro atoms. The van der Waals surface area contributed by atoms with Crippen LogP contribution in [0.2, 0.25) is 0 Å². The highest BCUT2D eigenvalue weighted by Crippen LogP contribution is 2.19.